The summed E-state index contributed by atoms with van der Waals surface area (Å²) in [6, 6.07) is -0.524. The minimum atomic E-state index is -0.838. The van der Waals surface area contributed by atoms with E-state index in [1.54, 1.807) is 0 Å². The smallest absolute Gasteiger partial charge is 0.302 e. The molecule has 1 N–H and O–H groups in total. The summed E-state index contributed by atoms with van der Waals surface area (Å²) in [4.78, 5) is 13.7. The van der Waals surface area contributed by atoms with Crippen LogP contribution < -0.4 is 0 Å². The Balaban J connectivity index is 2.85. The second kappa shape index (κ2) is 7.12. The van der Waals surface area contributed by atoms with E-state index in [9.17, 15) is 4.79 Å². The number of azide groups is 1. The molecule has 5 atom stereocenters. The number of carbonyl (C=O) groups is 1. The van der Waals surface area contributed by atoms with Gasteiger partial charge < -0.3 is 14.2 Å². The number of hydrogen-bond donors (Lipinski definition) is 1. The van der Waals surface area contributed by atoms with Crippen LogP contribution in [0.25, 0.3) is 10.4 Å². The Morgan fingerprint density at radius 2 is 2.05 bits per heavy atom. The van der Waals surface area contributed by atoms with E-state index in [-0.39, 0.29) is 36.4 Å². The third kappa shape index (κ3) is 4.11. The Bertz CT molecular complexity index is 422. The SMILES string of the molecule is CC(=N)OC1OC(COC(C)=O)[C@@H](C)[C@H](C)C1N=[N+]=[N-]. The van der Waals surface area contributed by atoms with Crippen molar-refractivity contribution in [2.75, 3.05) is 6.61 Å². The molecule has 1 fully saturated rings. The van der Waals surface area contributed by atoms with E-state index >= 15 is 0 Å². The average molecular weight is 284 g/mol. The van der Waals surface area contributed by atoms with Gasteiger partial charge in [-0.3, -0.25) is 10.2 Å². The highest BCUT2D eigenvalue weighted by atomic mass is 16.7. The molecule has 112 valence electrons. The summed E-state index contributed by atoms with van der Waals surface area (Å²) in [7, 11) is 0. The molecule has 8 nitrogen and oxygen atoms in total. The van der Waals surface area contributed by atoms with Crippen LogP contribution in [0.1, 0.15) is 27.7 Å². The molecule has 0 aromatic rings. The van der Waals surface area contributed by atoms with E-state index in [1.165, 1.54) is 13.8 Å². The van der Waals surface area contributed by atoms with Crippen LogP contribution >= 0.6 is 0 Å². The Morgan fingerprint density at radius 3 is 2.55 bits per heavy atom. The molecule has 8 heteroatoms. The molecule has 0 aromatic heterocycles. The number of ether oxygens (including phenoxy) is 3. The molecular formula is C12H20N4O4. The molecule has 0 saturated carbocycles. The number of carbonyl (C=O) groups excluding carboxylic acids is 1. The maximum atomic E-state index is 10.9. The number of rotatable bonds is 4. The zero-order chi connectivity index (χ0) is 15.3. The maximum Gasteiger partial charge on any atom is 0.302 e. The molecule has 1 aliphatic heterocycles. The van der Waals surface area contributed by atoms with Crippen molar-refractivity contribution >= 4 is 11.9 Å². The van der Waals surface area contributed by atoms with Crippen LogP contribution in [0.15, 0.2) is 5.11 Å². The van der Waals surface area contributed by atoms with Crippen LogP contribution in [-0.4, -0.2) is 36.9 Å². The Morgan fingerprint density at radius 1 is 1.40 bits per heavy atom. The van der Waals surface area contributed by atoms with Gasteiger partial charge in [-0.15, -0.1) is 0 Å². The Labute approximate surface area is 117 Å². The highest BCUT2D eigenvalue weighted by Gasteiger charge is 2.42. The number of nitrogens with one attached hydrogen (secondary N) is 1. The van der Waals surface area contributed by atoms with Crippen molar-refractivity contribution in [2.45, 2.75) is 46.1 Å². The van der Waals surface area contributed by atoms with E-state index in [0.29, 0.717) is 0 Å². The lowest BCUT2D eigenvalue weighted by molar-refractivity contribution is -0.212. The van der Waals surface area contributed by atoms with Crippen molar-refractivity contribution in [3.63, 3.8) is 0 Å². The van der Waals surface area contributed by atoms with Gasteiger partial charge in [0.2, 0.25) is 6.29 Å². The highest BCUT2D eigenvalue weighted by Crippen LogP contribution is 2.33. The molecule has 0 aliphatic carbocycles. The van der Waals surface area contributed by atoms with Crippen molar-refractivity contribution in [3.8, 4) is 0 Å². The standard InChI is InChI=1S/C12H20N4O4/c1-6-7(2)11(15-16-14)12(19-8(3)13)20-10(6)5-18-9(4)17/h6-7,10-13H,5H2,1-4H3/t6-,7-,10?,11?,12?/m0/s1. The van der Waals surface area contributed by atoms with Crippen LogP contribution in [0, 0.1) is 17.2 Å². The summed E-state index contributed by atoms with van der Waals surface area (Å²) < 4.78 is 15.9. The van der Waals surface area contributed by atoms with E-state index in [4.69, 9.17) is 25.2 Å². The van der Waals surface area contributed by atoms with E-state index < -0.39 is 12.3 Å². The normalized spacial score (nSPS) is 32.9. The molecule has 1 heterocycles. The summed E-state index contributed by atoms with van der Waals surface area (Å²) in [5, 5.41) is 11.1. The van der Waals surface area contributed by atoms with Gasteiger partial charge in [-0.25, -0.2) is 0 Å². The van der Waals surface area contributed by atoms with E-state index in [2.05, 4.69) is 10.0 Å². The van der Waals surface area contributed by atoms with Crippen molar-refractivity contribution in [2.24, 2.45) is 17.0 Å². The van der Waals surface area contributed by atoms with Crippen LogP contribution in [-0.2, 0) is 19.0 Å². The van der Waals surface area contributed by atoms with Crippen molar-refractivity contribution in [1.29, 1.82) is 5.41 Å². The van der Waals surface area contributed by atoms with Crippen LogP contribution in [0.2, 0.25) is 0 Å². The largest absolute Gasteiger partial charge is 0.463 e. The van der Waals surface area contributed by atoms with Crippen molar-refractivity contribution < 1.29 is 19.0 Å². The number of hydrogen-bond acceptors (Lipinski definition) is 6. The molecule has 3 unspecified atom stereocenters. The predicted molar refractivity (Wildman–Crippen MR) is 71.0 cm³/mol. The third-order valence-corrected chi connectivity index (χ3v) is 3.47. The summed E-state index contributed by atoms with van der Waals surface area (Å²) in [6.07, 6.45) is -1.20. The predicted octanol–water partition coefficient (Wildman–Crippen LogP) is 2.24. The lowest BCUT2D eigenvalue weighted by Crippen LogP contribution is -2.51. The quantitative estimate of drug-likeness (QED) is 0.213. The lowest BCUT2D eigenvalue weighted by Gasteiger charge is -2.42. The van der Waals surface area contributed by atoms with Gasteiger partial charge in [0.25, 0.3) is 0 Å². The van der Waals surface area contributed by atoms with E-state index in [1.807, 2.05) is 13.8 Å². The molecule has 1 rings (SSSR count). The van der Waals surface area contributed by atoms with Gasteiger partial charge >= 0.3 is 5.97 Å². The van der Waals surface area contributed by atoms with E-state index in [0.717, 1.165) is 0 Å². The summed E-state index contributed by atoms with van der Waals surface area (Å²) >= 11 is 0. The van der Waals surface area contributed by atoms with Gasteiger partial charge in [-0.2, -0.15) is 0 Å². The second-order valence-corrected chi connectivity index (χ2v) is 4.93. The van der Waals surface area contributed by atoms with Crippen LogP contribution in [0.5, 0.6) is 0 Å². The molecule has 20 heavy (non-hydrogen) atoms. The minimum absolute atomic E-state index is 0.0236. The Hall–Kier alpha value is -1.79. The first-order valence-electron chi connectivity index (χ1n) is 6.41. The molecule has 0 bridgehead atoms. The van der Waals surface area contributed by atoms with Gasteiger partial charge in [-0.05, 0) is 17.4 Å². The summed E-state index contributed by atoms with van der Waals surface area (Å²) in [5.74, 6) is -0.409. The molecule has 0 radical (unpaired) electrons. The first-order chi connectivity index (χ1) is 9.36. The molecule has 0 amide bonds. The van der Waals surface area contributed by atoms with Gasteiger partial charge in [0, 0.05) is 18.8 Å². The fraction of sp³-hybridized carbons (Fsp3) is 0.833. The van der Waals surface area contributed by atoms with Gasteiger partial charge in [0.05, 0.1) is 6.10 Å². The summed E-state index contributed by atoms with van der Waals surface area (Å²) in [5.41, 5.74) is 8.64. The maximum absolute atomic E-state index is 10.9. The number of esters is 1. The van der Waals surface area contributed by atoms with Crippen molar-refractivity contribution in [3.05, 3.63) is 10.4 Å². The van der Waals surface area contributed by atoms with Gasteiger partial charge in [0.15, 0.2) is 5.90 Å². The second-order valence-electron chi connectivity index (χ2n) is 4.93. The molecular weight excluding hydrogens is 264 g/mol. The third-order valence-electron chi connectivity index (χ3n) is 3.47. The topological polar surface area (TPSA) is 117 Å². The van der Waals surface area contributed by atoms with Gasteiger partial charge in [-0.1, -0.05) is 19.0 Å². The zero-order valence-corrected chi connectivity index (χ0v) is 12.1. The monoisotopic (exact) mass is 284 g/mol. The first-order valence-corrected chi connectivity index (χ1v) is 6.41. The average Bonchev–Trinajstić information content (AvgIpc) is 2.36. The van der Waals surface area contributed by atoms with Crippen LogP contribution in [0.4, 0.5) is 0 Å². The first kappa shape index (κ1) is 16.3. The highest BCUT2D eigenvalue weighted by molar-refractivity contribution is 5.69. The van der Waals surface area contributed by atoms with Crippen molar-refractivity contribution in [1.82, 2.24) is 0 Å². The molecule has 1 aliphatic rings. The van der Waals surface area contributed by atoms with Gasteiger partial charge in [0.1, 0.15) is 12.6 Å². The van der Waals surface area contributed by atoms with Crippen LogP contribution in [0.3, 0.4) is 0 Å². The molecule has 0 spiro atoms. The summed E-state index contributed by atoms with van der Waals surface area (Å²) in [6.45, 7) is 6.77. The lowest BCUT2D eigenvalue weighted by atomic mass is 9.82. The fourth-order valence-electron chi connectivity index (χ4n) is 2.16. The minimum Gasteiger partial charge on any atom is -0.463 e. The Kier molecular flexibility index (Phi) is 5.79. The zero-order valence-electron chi connectivity index (χ0n) is 12.1. The molecule has 0 aromatic carbocycles. The number of nitrogens with zero attached hydrogens (tertiary/aromatic N) is 3. The fourth-order valence-corrected chi connectivity index (χ4v) is 2.16. The molecule has 1 saturated heterocycles.